The first-order valence-electron chi connectivity index (χ1n) is 6.43. The van der Waals surface area contributed by atoms with Crippen molar-refractivity contribution in [3.63, 3.8) is 0 Å². The molecule has 0 unspecified atom stereocenters. The Hall–Kier alpha value is -2.53. The van der Waals surface area contributed by atoms with Crippen LogP contribution >= 0.6 is 0 Å². The summed E-state index contributed by atoms with van der Waals surface area (Å²) in [5.74, 6) is 0. The van der Waals surface area contributed by atoms with Crippen molar-refractivity contribution in [2.45, 2.75) is 4.90 Å². The number of nitrogens with one attached hydrogen (secondary N) is 1. The minimum atomic E-state index is -3.69. The van der Waals surface area contributed by atoms with Crippen LogP contribution in [0.4, 0.5) is 11.4 Å². The zero-order valence-electron chi connectivity index (χ0n) is 11.2. The van der Waals surface area contributed by atoms with Gasteiger partial charge in [-0.2, -0.15) is 0 Å². The van der Waals surface area contributed by atoms with Crippen molar-refractivity contribution in [2.24, 2.45) is 0 Å². The average molecular weight is 298 g/mol. The first kappa shape index (κ1) is 13.5. The van der Waals surface area contributed by atoms with Gasteiger partial charge in [-0.3, -0.25) is 4.72 Å². The van der Waals surface area contributed by atoms with Gasteiger partial charge in [-0.05, 0) is 23.6 Å². The van der Waals surface area contributed by atoms with Gasteiger partial charge in [0, 0.05) is 5.39 Å². The molecular weight excluding hydrogens is 284 g/mol. The van der Waals surface area contributed by atoms with Gasteiger partial charge in [-0.15, -0.1) is 0 Å². The SMILES string of the molecule is Nc1ccccc1NS(=O)(=O)c1cccc2ccccc12. The van der Waals surface area contributed by atoms with E-state index in [-0.39, 0.29) is 4.90 Å². The van der Waals surface area contributed by atoms with E-state index in [2.05, 4.69) is 4.72 Å². The third-order valence-electron chi connectivity index (χ3n) is 3.24. The summed E-state index contributed by atoms with van der Waals surface area (Å²) in [4.78, 5) is 0.240. The van der Waals surface area contributed by atoms with Crippen LogP contribution in [-0.2, 0) is 10.0 Å². The highest BCUT2D eigenvalue weighted by atomic mass is 32.2. The fraction of sp³-hybridized carbons (Fsp3) is 0. The van der Waals surface area contributed by atoms with Crippen molar-refractivity contribution in [2.75, 3.05) is 10.5 Å². The fourth-order valence-electron chi connectivity index (χ4n) is 2.22. The number of rotatable bonds is 3. The fourth-order valence-corrected chi connectivity index (χ4v) is 3.54. The Kier molecular flexibility index (Phi) is 3.27. The molecule has 3 aromatic rings. The molecule has 0 amide bonds. The summed E-state index contributed by atoms with van der Waals surface area (Å²) in [5.41, 5.74) is 6.56. The van der Waals surface area contributed by atoms with E-state index in [4.69, 9.17) is 5.73 Å². The van der Waals surface area contributed by atoms with E-state index in [9.17, 15) is 8.42 Å². The summed E-state index contributed by atoms with van der Waals surface area (Å²) >= 11 is 0. The number of hydrogen-bond acceptors (Lipinski definition) is 3. The minimum Gasteiger partial charge on any atom is -0.397 e. The van der Waals surface area contributed by atoms with Crippen molar-refractivity contribution in [3.05, 3.63) is 66.7 Å². The number of para-hydroxylation sites is 2. The number of anilines is 2. The Balaban J connectivity index is 2.11. The number of nitrogens with two attached hydrogens (primary N) is 1. The Labute approximate surface area is 123 Å². The molecule has 3 N–H and O–H groups in total. The Morgan fingerprint density at radius 1 is 0.810 bits per heavy atom. The van der Waals surface area contributed by atoms with Gasteiger partial charge in [-0.25, -0.2) is 8.42 Å². The molecule has 0 atom stereocenters. The largest absolute Gasteiger partial charge is 0.397 e. The van der Waals surface area contributed by atoms with Crippen LogP contribution in [0.2, 0.25) is 0 Å². The standard InChI is InChI=1S/C16H14N2O2S/c17-14-9-3-4-10-15(14)18-21(19,20)16-11-5-7-12-6-1-2-8-13(12)16/h1-11,18H,17H2. The molecular formula is C16H14N2O2S. The Morgan fingerprint density at radius 3 is 2.29 bits per heavy atom. The number of benzene rings is 3. The van der Waals surface area contributed by atoms with Gasteiger partial charge in [0.15, 0.2) is 0 Å². The summed E-state index contributed by atoms with van der Waals surface area (Å²) in [7, 11) is -3.69. The molecule has 0 heterocycles. The molecule has 0 fully saturated rings. The maximum absolute atomic E-state index is 12.6. The first-order valence-corrected chi connectivity index (χ1v) is 7.91. The lowest BCUT2D eigenvalue weighted by Crippen LogP contribution is -2.14. The van der Waals surface area contributed by atoms with Crippen LogP contribution in [-0.4, -0.2) is 8.42 Å². The second-order valence-electron chi connectivity index (χ2n) is 4.67. The summed E-state index contributed by atoms with van der Waals surface area (Å²) in [6, 6.07) is 19.3. The molecule has 5 heteroatoms. The third-order valence-corrected chi connectivity index (χ3v) is 4.67. The normalized spacial score (nSPS) is 11.4. The molecule has 0 aliphatic heterocycles. The monoisotopic (exact) mass is 298 g/mol. The second kappa shape index (κ2) is 5.10. The summed E-state index contributed by atoms with van der Waals surface area (Å²) < 4.78 is 27.7. The quantitative estimate of drug-likeness (QED) is 0.729. The highest BCUT2D eigenvalue weighted by Gasteiger charge is 2.17. The van der Waals surface area contributed by atoms with E-state index in [1.807, 2.05) is 24.3 Å². The lowest BCUT2D eigenvalue weighted by molar-refractivity contribution is 0.602. The molecule has 0 saturated carbocycles. The number of sulfonamides is 1. The minimum absolute atomic E-state index is 0.240. The van der Waals surface area contributed by atoms with E-state index >= 15 is 0 Å². The van der Waals surface area contributed by atoms with Crippen LogP contribution in [0.3, 0.4) is 0 Å². The van der Waals surface area contributed by atoms with Crippen molar-refractivity contribution in [1.29, 1.82) is 0 Å². The predicted octanol–water partition coefficient (Wildman–Crippen LogP) is 3.22. The summed E-state index contributed by atoms with van der Waals surface area (Å²) in [6.45, 7) is 0. The molecule has 4 nitrogen and oxygen atoms in total. The van der Waals surface area contributed by atoms with E-state index < -0.39 is 10.0 Å². The lowest BCUT2D eigenvalue weighted by atomic mass is 10.1. The number of fused-ring (bicyclic) bond motifs is 1. The topological polar surface area (TPSA) is 72.2 Å². The van der Waals surface area contributed by atoms with Crippen LogP contribution in [0.15, 0.2) is 71.6 Å². The van der Waals surface area contributed by atoms with Crippen LogP contribution < -0.4 is 10.5 Å². The molecule has 0 saturated heterocycles. The van der Waals surface area contributed by atoms with Crippen molar-refractivity contribution in [1.82, 2.24) is 0 Å². The maximum Gasteiger partial charge on any atom is 0.262 e. The van der Waals surface area contributed by atoms with E-state index in [1.165, 1.54) is 0 Å². The molecule has 0 spiro atoms. The highest BCUT2D eigenvalue weighted by molar-refractivity contribution is 7.93. The molecule has 0 aliphatic rings. The molecule has 21 heavy (non-hydrogen) atoms. The van der Waals surface area contributed by atoms with Gasteiger partial charge < -0.3 is 5.73 Å². The molecule has 0 aromatic heterocycles. The Morgan fingerprint density at radius 2 is 1.48 bits per heavy atom. The van der Waals surface area contributed by atoms with Crippen molar-refractivity contribution >= 4 is 32.2 Å². The zero-order chi connectivity index (χ0) is 14.9. The van der Waals surface area contributed by atoms with Gasteiger partial charge in [0.1, 0.15) is 0 Å². The van der Waals surface area contributed by atoms with Crippen LogP contribution in [0.1, 0.15) is 0 Å². The average Bonchev–Trinajstić information content (AvgIpc) is 2.49. The number of hydrogen-bond donors (Lipinski definition) is 2. The van der Waals surface area contributed by atoms with Gasteiger partial charge in [0.25, 0.3) is 10.0 Å². The molecule has 3 rings (SSSR count). The third kappa shape index (κ3) is 2.55. The summed E-state index contributed by atoms with van der Waals surface area (Å²) in [5, 5.41) is 1.56. The Bertz CT molecular complexity index is 900. The summed E-state index contributed by atoms with van der Waals surface area (Å²) in [6.07, 6.45) is 0. The molecule has 3 aromatic carbocycles. The van der Waals surface area contributed by atoms with E-state index in [1.54, 1.807) is 42.5 Å². The van der Waals surface area contributed by atoms with Crippen LogP contribution in [0, 0.1) is 0 Å². The maximum atomic E-state index is 12.6. The number of nitrogen functional groups attached to an aromatic ring is 1. The van der Waals surface area contributed by atoms with Gasteiger partial charge >= 0.3 is 0 Å². The van der Waals surface area contributed by atoms with E-state index in [0.717, 1.165) is 5.39 Å². The highest BCUT2D eigenvalue weighted by Crippen LogP contribution is 2.26. The smallest absolute Gasteiger partial charge is 0.262 e. The van der Waals surface area contributed by atoms with Gasteiger partial charge in [-0.1, -0.05) is 48.5 Å². The van der Waals surface area contributed by atoms with Crippen molar-refractivity contribution in [3.8, 4) is 0 Å². The van der Waals surface area contributed by atoms with Crippen molar-refractivity contribution < 1.29 is 8.42 Å². The zero-order valence-corrected chi connectivity index (χ0v) is 12.0. The van der Waals surface area contributed by atoms with Crippen LogP contribution in [0.5, 0.6) is 0 Å². The van der Waals surface area contributed by atoms with Crippen LogP contribution in [0.25, 0.3) is 10.8 Å². The lowest BCUT2D eigenvalue weighted by Gasteiger charge is -2.12. The predicted molar refractivity (Wildman–Crippen MR) is 85.6 cm³/mol. The van der Waals surface area contributed by atoms with Gasteiger partial charge in [0.05, 0.1) is 16.3 Å². The first-order chi connectivity index (χ1) is 10.1. The van der Waals surface area contributed by atoms with E-state index in [0.29, 0.717) is 16.8 Å². The van der Waals surface area contributed by atoms with Gasteiger partial charge in [0.2, 0.25) is 0 Å². The molecule has 0 radical (unpaired) electrons. The second-order valence-corrected chi connectivity index (χ2v) is 6.32. The molecule has 0 aliphatic carbocycles. The molecule has 106 valence electrons. The molecule has 0 bridgehead atoms.